The molecule has 8 heteroatoms. The Morgan fingerprint density at radius 1 is 1.50 bits per heavy atom. The van der Waals surface area contributed by atoms with E-state index in [0.717, 1.165) is 6.07 Å². The number of pyridine rings is 1. The highest BCUT2D eigenvalue weighted by atomic mass is 79.9. The molecule has 0 fully saturated rings. The molecule has 0 saturated heterocycles. The van der Waals surface area contributed by atoms with Crippen molar-refractivity contribution in [3.05, 3.63) is 26.0 Å². The first-order valence-corrected chi connectivity index (χ1v) is 4.31. The molecule has 1 heterocycles. The summed E-state index contributed by atoms with van der Waals surface area (Å²) in [5.41, 5.74) is -1.05. The van der Waals surface area contributed by atoms with Gasteiger partial charge in [-0.1, -0.05) is 11.6 Å². The Morgan fingerprint density at radius 3 is 2.50 bits per heavy atom. The summed E-state index contributed by atoms with van der Waals surface area (Å²) >= 11 is 8.09. The van der Waals surface area contributed by atoms with Crippen LogP contribution in [-0.4, -0.2) is 11.3 Å². The maximum Gasteiger partial charge on any atom is 0.573 e. The average Bonchev–Trinajstić information content (AvgIpc) is 1.95. The molecule has 0 bridgehead atoms. The van der Waals surface area contributed by atoms with Crippen LogP contribution in [0, 0.1) is 0 Å². The highest BCUT2D eigenvalue weighted by Crippen LogP contribution is 2.27. The molecule has 0 aliphatic heterocycles. The van der Waals surface area contributed by atoms with Crippen molar-refractivity contribution in [2.24, 2.45) is 0 Å². The van der Waals surface area contributed by atoms with Crippen molar-refractivity contribution in [2.75, 3.05) is 0 Å². The first kappa shape index (κ1) is 11.4. The fourth-order valence-corrected chi connectivity index (χ4v) is 1.51. The molecule has 0 saturated carbocycles. The van der Waals surface area contributed by atoms with Gasteiger partial charge in [0.1, 0.15) is 5.15 Å². The molecule has 0 spiro atoms. The van der Waals surface area contributed by atoms with Gasteiger partial charge in [-0.15, -0.1) is 13.2 Å². The summed E-state index contributed by atoms with van der Waals surface area (Å²) in [4.78, 5) is 12.9. The number of hydrogen-bond acceptors (Lipinski definition) is 2. The van der Waals surface area contributed by atoms with Gasteiger partial charge >= 0.3 is 6.36 Å². The Morgan fingerprint density at radius 2 is 2.07 bits per heavy atom. The molecule has 78 valence electrons. The number of alkyl halides is 3. The zero-order chi connectivity index (χ0) is 10.9. The first-order chi connectivity index (χ1) is 6.29. The van der Waals surface area contributed by atoms with Crippen LogP contribution in [-0.2, 0) is 0 Å². The Kier molecular flexibility index (Phi) is 3.10. The smallest absolute Gasteiger partial charge is 0.399 e. The summed E-state index contributed by atoms with van der Waals surface area (Å²) in [6, 6.07) is 1.09. The van der Waals surface area contributed by atoms with E-state index >= 15 is 0 Å². The predicted octanol–water partition coefficient (Wildman–Crippen LogP) is 2.69. The predicted molar refractivity (Wildman–Crippen MR) is 46.5 cm³/mol. The molecule has 3 nitrogen and oxygen atoms in total. The number of nitrogens with one attached hydrogen (secondary N) is 1. The molecule has 0 aromatic carbocycles. The molecular formula is C6H2BrClF3NO2. The maximum absolute atomic E-state index is 11.8. The summed E-state index contributed by atoms with van der Waals surface area (Å²) in [6.45, 7) is 0. The fourth-order valence-electron chi connectivity index (χ4n) is 0.697. The van der Waals surface area contributed by atoms with Gasteiger partial charge < -0.3 is 9.72 Å². The Bertz CT molecular complexity index is 403. The van der Waals surface area contributed by atoms with Gasteiger partial charge in [0.2, 0.25) is 5.75 Å². The third-order valence-electron chi connectivity index (χ3n) is 1.13. The summed E-state index contributed by atoms with van der Waals surface area (Å²) < 4.78 is 38.6. The van der Waals surface area contributed by atoms with E-state index in [4.69, 9.17) is 11.6 Å². The van der Waals surface area contributed by atoms with E-state index in [2.05, 4.69) is 20.7 Å². The molecule has 0 atom stereocenters. The molecule has 0 radical (unpaired) electrons. The van der Waals surface area contributed by atoms with Crippen LogP contribution >= 0.6 is 27.5 Å². The number of rotatable bonds is 1. The molecule has 0 aliphatic carbocycles. The van der Waals surface area contributed by atoms with E-state index in [1.54, 1.807) is 0 Å². The van der Waals surface area contributed by atoms with Gasteiger partial charge in [-0.05, 0) is 22.0 Å². The van der Waals surface area contributed by atoms with Crippen molar-refractivity contribution in [3.63, 3.8) is 0 Å². The molecular weight excluding hydrogens is 290 g/mol. The van der Waals surface area contributed by atoms with Crippen molar-refractivity contribution in [3.8, 4) is 5.75 Å². The average molecular weight is 292 g/mol. The third-order valence-corrected chi connectivity index (χ3v) is 1.92. The highest BCUT2D eigenvalue weighted by Gasteiger charge is 2.33. The van der Waals surface area contributed by atoms with Crippen LogP contribution in [0.15, 0.2) is 15.3 Å². The molecule has 1 aromatic heterocycles. The van der Waals surface area contributed by atoms with Crippen LogP contribution in [0.3, 0.4) is 0 Å². The summed E-state index contributed by atoms with van der Waals surface area (Å²) in [5, 5.41) is -0.0867. The van der Waals surface area contributed by atoms with Crippen molar-refractivity contribution in [2.45, 2.75) is 6.36 Å². The van der Waals surface area contributed by atoms with Crippen LogP contribution in [0.2, 0.25) is 5.15 Å². The van der Waals surface area contributed by atoms with Gasteiger partial charge in [-0.2, -0.15) is 0 Å². The van der Waals surface area contributed by atoms with E-state index < -0.39 is 17.7 Å². The van der Waals surface area contributed by atoms with Gasteiger partial charge in [-0.3, -0.25) is 4.79 Å². The number of aromatic nitrogens is 1. The van der Waals surface area contributed by atoms with E-state index in [1.165, 1.54) is 0 Å². The zero-order valence-electron chi connectivity index (χ0n) is 6.28. The largest absolute Gasteiger partial charge is 0.573 e. The second kappa shape index (κ2) is 3.82. The Balaban J connectivity index is 3.16. The van der Waals surface area contributed by atoms with Gasteiger partial charge in [0.25, 0.3) is 5.56 Å². The molecule has 0 unspecified atom stereocenters. The van der Waals surface area contributed by atoms with E-state index in [-0.39, 0.29) is 9.63 Å². The van der Waals surface area contributed by atoms with Crippen molar-refractivity contribution >= 4 is 27.5 Å². The second-order valence-electron chi connectivity index (χ2n) is 2.17. The van der Waals surface area contributed by atoms with E-state index in [1.807, 2.05) is 4.98 Å². The van der Waals surface area contributed by atoms with Gasteiger partial charge in [0.05, 0.1) is 4.47 Å². The normalized spacial score (nSPS) is 11.5. The molecule has 0 amide bonds. The van der Waals surface area contributed by atoms with Crippen LogP contribution in [0.1, 0.15) is 0 Å². The summed E-state index contributed by atoms with van der Waals surface area (Å²) in [7, 11) is 0. The molecule has 1 aromatic rings. The molecule has 1 N–H and O–H groups in total. The lowest BCUT2D eigenvalue weighted by atomic mass is 10.4. The number of halogens is 5. The van der Waals surface area contributed by atoms with Crippen LogP contribution < -0.4 is 10.3 Å². The topological polar surface area (TPSA) is 42.1 Å². The fraction of sp³-hybridized carbons (Fsp3) is 0.167. The monoisotopic (exact) mass is 291 g/mol. The van der Waals surface area contributed by atoms with Crippen molar-refractivity contribution < 1.29 is 17.9 Å². The molecule has 14 heavy (non-hydrogen) atoms. The van der Waals surface area contributed by atoms with Crippen LogP contribution in [0.5, 0.6) is 5.75 Å². The second-order valence-corrected chi connectivity index (χ2v) is 3.43. The number of ether oxygens (including phenoxy) is 1. The van der Waals surface area contributed by atoms with E-state index in [9.17, 15) is 18.0 Å². The summed E-state index contributed by atoms with van der Waals surface area (Å²) in [5.74, 6) is -0.873. The minimum absolute atomic E-state index is 0.0867. The van der Waals surface area contributed by atoms with Crippen molar-refractivity contribution in [1.29, 1.82) is 0 Å². The van der Waals surface area contributed by atoms with Gasteiger partial charge in [0.15, 0.2) is 0 Å². The minimum atomic E-state index is -4.91. The molecule has 1 rings (SSSR count). The lowest BCUT2D eigenvalue weighted by Crippen LogP contribution is -2.23. The van der Waals surface area contributed by atoms with E-state index in [0.29, 0.717) is 0 Å². The number of H-pyrrole nitrogens is 1. The first-order valence-electron chi connectivity index (χ1n) is 3.13. The lowest BCUT2D eigenvalue weighted by Gasteiger charge is -2.09. The van der Waals surface area contributed by atoms with Crippen LogP contribution in [0.25, 0.3) is 0 Å². The van der Waals surface area contributed by atoms with Crippen LogP contribution in [0.4, 0.5) is 13.2 Å². The maximum atomic E-state index is 11.8. The van der Waals surface area contributed by atoms with Gasteiger partial charge in [0, 0.05) is 0 Å². The SMILES string of the molecule is O=c1[nH]c(Cl)cc(Br)c1OC(F)(F)F. The Hall–Kier alpha value is -0.690. The number of aromatic amines is 1. The standard InChI is InChI=1S/C6H2BrClF3NO2/c7-2-1-3(8)12-5(13)4(2)14-6(9,10)11/h1H,(H,12,13). The Labute approximate surface area is 89.0 Å². The zero-order valence-corrected chi connectivity index (χ0v) is 8.63. The molecule has 0 aliphatic rings. The van der Waals surface area contributed by atoms with Crippen molar-refractivity contribution in [1.82, 2.24) is 4.98 Å². The number of hydrogen-bond donors (Lipinski definition) is 1. The minimum Gasteiger partial charge on any atom is -0.399 e. The lowest BCUT2D eigenvalue weighted by molar-refractivity contribution is -0.275. The van der Waals surface area contributed by atoms with Gasteiger partial charge in [-0.25, -0.2) is 0 Å². The summed E-state index contributed by atoms with van der Waals surface area (Å²) in [6.07, 6.45) is -4.91. The third kappa shape index (κ3) is 2.91. The quantitative estimate of drug-likeness (QED) is 0.809. The highest BCUT2D eigenvalue weighted by molar-refractivity contribution is 9.10.